The van der Waals surface area contributed by atoms with Gasteiger partial charge in [0.2, 0.25) is 0 Å². The molecule has 4 rings (SSSR count). The molecule has 0 saturated carbocycles. The number of carbonyl (C=O) groups is 3. The zero-order valence-corrected chi connectivity index (χ0v) is 24.4. The van der Waals surface area contributed by atoms with Crippen LogP contribution in [0.5, 0.6) is 0 Å². The van der Waals surface area contributed by atoms with E-state index in [1.807, 2.05) is 36.4 Å². The molecule has 3 N–H and O–H groups in total. The van der Waals surface area contributed by atoms with Gasteiger partial charge in [-0.1, -0.05) is 12.1 Å². The topological polar surface area (TPSA) is 184 Å². The SMILES string of the molecule is O=C(O)C(F)(F)F.O=C(O)C(F)(F)F.O=C(O)C(F)(F)F.O=S1(=O)CCC(COCc2ccccn2)C12CN(Cc1ccccn1)C2. The van der Waals surface area contributed by atoms with Crippen molar-refractivity contribution in [3.63, 3.8) is 0 Å². The molecule has 2 saturated heterocycles. The number of hydrogen-bond acceptors (Lipinski definition) is 9. The average molecular weight is 716 g/mol. The third-order valence-corrected chi connectivity index (χ3v) is 8.82. The van der Waals surface area contributed by atoms with Crippen LogP contribution in [-0.2, 0) is 42.1 Å². The molecule has 12 nitrogen and oxygen atoms in total. The smallest absolute Gasteiger partial charge is 0.475 e. The summed E-state index contributed by atoms with van der Waals surface area (Å²) < 4.78 is 126. The molecule has 2 fully saturated rings. The molecule has 0 radical (unpaired) electrons. The summed E-state index contributed by atoms with van der Waals surface area (Å²) in [6, 6.07) is 11.5. The van der Waals surface area contributed by atoms with E-state index in [4.69, 9.17) is 34.4 Å². The van der Waals surface area contributed by atoms with Gasteiger partial charge in [-0.15, -0.1) is 0 Å². The maximum absolute atomic E-state index is 12.7. The van der Waals surface area contributed by atoms with Gasteiger partial charge in [0, 0.05) is 37.9 Å². The van der Waals surface area contributed by atoms with Crippen LogP contribution < -0.4 is 0 Å². The van der Waals surface area contributed by atoms with Crippen molar-refractivity contribution in [3.8, 4) is 0 Å². The van der Waals surface area contributed by atoms with E-state index in [0.717, 1.165) is 11.4 Å². The van der Waals surface area contributed by atoms with Crippen LogP contribution in [0.4, 0.5) is 39.5 Å². The number of aromatic nitrogens is 2. The summed E-state index contributed by atoms with van der Waals surface area (Å²) in [6.45, 7) is 2.73. The van der Waals surface area contributed by atoms with Gasteiger partial charge in [0.15, 0.2) is 9.84 Å². The van der Waals surface area contributed by atoms with Gasteiger partial charge in [0.25, 0.3) is 0 Å². The highest BCUT2D eigenvalue weighted by Gasteiger charge is 2.61. The molecule has 1 unspecified atom stereocenters. The van der Waals surface area contributed by atoms with Crippen LogP contribution in [-0.4, -0.2) is 105 Å². The van der Waals surface area contributed by atoms with E-state index in [9.17, 15) is 47.9 Å². The van der Waals surface area contributed by atoms with E-state index < -0.39 is 51.0 Å². The van der Waals surface area contributed by atoms with Gasteiger partial charge in [-0.25, -0.2) is 22.8 Å². The number of aliphatic carboxylic acids is 3. The molecule has 2 aromatic rings. The van der Waals surface area contributed by atoms with Crippen LogP contribution in [0.1, 0.15) is 17.8 Å². The molecule has 2 aliphatic rings. The molecule has 2 aromatic heterocycles. The van der Waals surface area contributed by atoms with Crippen molar-refractivity contribution in [2.75, 3.05) is 25.4 Å². The third kappa shape index (κ3) is 13.3. The van der Waals surface area contributed by atoms with Crippen molar-refractivity contribution in [1.29, 1.82) is 0 Å². The van der Waals surface area contributed by atoms with Crippen LogP contribution >= 0.6 is 0 Å². The van der Waals surface area contributed by atoms with Crippen LogP contribution in [0.3, 0.4) is 0 Å². The van der Waals surface area contributed by atoms with E-state index >= 15 is 0 Å². The molecule has 0 aromatic carbocycles. The Morgan fingerprint density at radius 2 is 1.19 bits per heavy atom. The molecular weight excluding hydrogens is 689 g/mol. The molecule has 1 atom stereocenters. The molecule has 0 amide bonds. The zero-order valence-electron chi connectivity index (χ0n) is 23.6. The Balaban J connectivity index is 0.000000430. The number of carboxylic acids is 3. The Bertz CT molecular complexity index is 1360. The molecular formula is C25H26F9N3O9S. The number of hydrogen-bond donors (Lipinski definition) is 3. The summed E-state index contributed by atoms with van der Waals surface area (Å²) >= 11 is 0. The molecule has 2 aliphatic heterocycles. The number of sulfone groups is 1. The fourth-order valence-corrected chi connectivity index (χ4v) is 6.49. The molecule has 264 valence electrons. The summed E-state index contributed by atoms with van der Waals surface area (Å²) in [5, 5.41) is 21.4. The monoisotopic (exact) mass is 715 g/mol. The Morgan fingerprint density at radius 3 is 1.55 bits per heavy atom. The van der Waals surface area contributed by atoms with Crippen molar-refractivity contribution >= 4 is 27.7 Å². The summed E-state index contributed by atoms with van der Waals surface area (Å²) in [5.41, 5.74) is 1.84. The second kappa shape index (κ2) is 16.7. The minimum Gasteiger partial charge on any atom is -0.475 e. The van der Waals surface area contributed by atoms with Gasteiger partial charge in [-0.3, -0.25) is 14.9 Å². The van der Waals surface area contributed by atoms with Crippen molar-refractivity contribution in [2.24, 2.45) is 5.92 Å². The lowest BCUT2D eigenvalue weighted by atomic mass is 9.83. The molecule has 1 spiro atoms. The first-order chi connectivity index (χ1) is 21.4. The third-order valence-electron chi connectivity index (χ3n) is 6.22. The standard InChI is InChI=1S/C19H23N3O3S.3C2HF3O2/c23-26(24)10-7-16(12-25-13-18-6-2-4-9-21-18)19(26)14-22(15-19)11-17-5-1-3-8-20-17;3*3-2(4,5)1(6)7/h1-6,8-9,16H,7,10-15H2;3*(H,6,7). The maximum Gasteiger partial charge on any atom is 0.490 e. The predicted molar refractivity (Wildman–Crippen MR) is 139 cm³/mol. The first kappa shape index (κ1) is 41.0. The first-order valence-corrected chi connectivity index (χ1v) is 14.3. The minimum absolute atomic E-state index is 0.0520. The van der Waals surface area contributed by atoms with Gasteiger partial charge in [-0.2, -0.15) is 39.5 Å². The minimum atomic E-state index is -5.08. The number of nitrogens with zero attached hydrogens (tertiary/aromatic N) is 3. The number of pyridine rings is 2. The summed E-state index contributed by atoms with van der Waals surface area (Å²) in [6.07, 6.45) is -11.1. The first-order valence-electron chi connectivity index (χ1n) is 12.6. The Hall–Kier alpha value is -4.05. The van der Waals surface area contributed by atoms with Crippen molar-refractivity contribution in [2.45, 2.75) is 42.8 Å². The highest BCUT2D eigenvalue weighted by molar-refractivity contribution is 7.93. The van der Waals surface area contributed by atoms with Gasteiger partial charge in [-0.05, 0) is 30.7 Å². The Kier molecular flexibility index (Phi) is 14.5. The summed E-state index contributed by atoms with van der Waals surface area (Å²) in [5.74, 6) is -7.95. The normalized spacial score (nSPS) is 18.2. The van der Waals surface area contributed by atoms with E-state index in [2.05, 4.69) is 14.9 Å². The number of ether oxygens (including phenoxy) is 1. The number of halogens is 9. The van der Waals surface area contributed by atoms with Crippen LogP contribution in [0.25, 0.3) is 0 Å². The maximum atomic E-state index is 12.7. The highest BCUT2D eigenvalue weighted by Crippen LogP contribution is 2.45. The quantitative estimate of drug-likeness (QED) is 0.370. The van der Waals surface area contributed by atoms with Crippen molar-refractivity contribution in [1.82, 2.24) is 14.9 Å². The highest BCUT2D eigenvalue weighted by atomic mass is 32.2. The lowest BCUT2D eigenvalue weighted by Crippen LogP contribution is -2.67. The lowest BCUT2D eigenvalue weighted by Gasteiger charge is -2.49. The number of rotatable bonds is 6. The number of carboxylic acid groups (broad SMARTS) is 3. The van der Waals surface area contributed by atoms with E-state index in [1.165, 1.54) is 0 Å². The molecule has 22 heteroatoms. The second-order valence-electron chi connectivity index (χ2n) is 9.58. The van der Waals surface area contributed by atoms with Gasteiger partial charge < -0.3 is 20.1 Å². The number of likely N-dealkylation sites (tertiary alicyclic amines) is 1. The Labute approximate surface area is 259 Å². The van der Waals surface area contributed by atoms with Gasteiger partial charge in [0.05, 0.1) is 30.4 Å². The van der Waals surface area contributed by atoms with Crippen LogP contribution in [0, 0.1) is 5.92 Å². The van der Waals surface area contributed by atoms with E-state index in [-0.39, 0.29) is 11.7 Å². The van der Waals surface area contributed by atoms with Crippen molar-refractivity contribution < 1.29 is 82.4 Å². The molecule has 47 heavy (non-hydrogen) atoms. The molecule has 4 heterocycles. The van der Waals surface area contributed by atoms with E-state index in [0.29, 0.717) is 39.3 Å². The van der Waals surface area contributed by atoms with Gasteiger partial charge >= 0.3 is 36.4 Å². The second-order valence-corrected chi connectivity index (χ2v) is 12.0. The largest absolute Gasteiger partial charge is 0.490 e. The summed E-state index contributed by atoms with van der Waals surface area (Å²) in [7, 11) is -3.08. The van der Waals surface area contributed by atoms with Crippen molar-refractivity contribution in [3.05, 3.63) is 60.2 Å². The fraction of sp³-hybridized carbons (Fsp3) is 0.480. The van der Waals surface area contributed by atoms with E-state index in [1.54, 1.807) is 12.4 Å². The van der Waals surface area contributed by atoms with Crippen LogP contribution in [0.2, 0.25) is 0 Å². The summed E-state index contributed by atoms with van der Waals surface area (Å²) in [4.78, 5) is 37.4. The Morgan fingerprint density at radius 1 is 0.787 bits per heavy atom. The molecule has 0 aliphatic carbocycles. The average Bonchev–Trinajstić information content (AvgIpc) is 3.19. The zero-order chi connectivity index (χ0) is 36.3. The van der Waals surface area contributed by atoms with Gasteiger partial charge in [0.1, 0.15) is 4.75 Å². The fourth-order valence-electron chi connectivity index (χ4n) is 4.04. The van der Waals surface area contributed by atoms with Crippen LogP contribution in [0.15, 0.2) is 48.8 Å². The molecule has 0 bridgehead atoms. The lowest BCUT2D eigenvalue weighted by molar-refractivity contribution is -0.193. The predicted octanol–water partition coefficient (Wildman–Crippen LogP) is 3.58. The number of alkyl halides is 9.